The molecule has 0 aromatic heterocycles. The van der Waals surface area contributed by atoms with Gasteiger partial charge in [-0.05, 0) is 64.9 Å². The number of hydrogen-bond donors (Lipinski definition) is 1. The number of aryl methyl sites for hydroxylation is 1. The molecule has 0 atom stereocenters. The summed E-state index contributed by atoms with van der Waals surface area (Å²) in [6.45, 7) is 1.90. The Bertz CT molecular complexity index is 2030. The zero-order valence-electron chi connectivity index (χ0n) is 20.9. The fourth-order valence-corrected chi connectivity index (χ4v) is 5.96. The Hall–Kier alpha value is -4.24. The van der Waals surface area contributed by atoms with Crippen molar-refractivity contribution in [1.29, 1.82) is 0 Å². The standard InChI is InChI=1S/C17H14O3S.C14H10O3S/c1-13-9-11-15(12-10-13)21(18,19)20-17-8-4-6-14-5-2-3-7-16(14)17;15-18(16,17)14-7-3-6-12-8-10-4-1-2-5-11(10)9-13(12)14/h2-12H,1H3;1-9H,(H,15,16,17). The Labute approximate surface area is 227 Å². The van der Waals surface area contributed by atoms with Crippen LogP contribution in [0.4, 0.5) is 0 Å². The normalized spacial score (nSPS) is 11.7. The minimum absolute atomic E-state index is 0.0502. The van der Waals surface area contributed by atoms with Crippen LogP contribution in [0.1, 0.15) is 5.56 Å². The number of hydrogen-bond acceptors (Lipinski definition) is 5. The van der Waals surface area contributed by atoms with Crippen LogP contribution in [-0.2, 0) is 20.2 Å². The van der Waals surface area contributed by atoms with Gasteiger partial charge in [-0.25, -0.2) is 0 Å². The Kier molecular flexibility index (Phi) is 7.10. The zero-order valence-corrected chi connectivity index (χ0v) is 22.5. The molecule has 0 radical (unpaired) electrons. The van der Waals surface area contributed by atoms with Gasteiger partial charge in [0.25, 0.3) is 10.1 Å². The summed E-state index contributed by atoms with van der Waals surface area (Å²) in [6.07, 6.45) is 0. The van der Waals surface area contributed by atoms with Crippen molar-refractivity contribution in [3.63, 3.8) is 0 Å². The van der Waals surface area contributed by atoms with E-state index >= 15 is 0 Å². The lowest BCUT2D eigenvalue weighted by molar-refractivity contribution is 0.483. The van der Waals surface area contributed by atoms with Crippen LogP contribution in [0.15, 0.2) is 131 Å². The summed E-state index contributed by atoms with van der Waals surface area (Å²) in [5.41, 5.74) is 0.999. The third kappa shape index (κ3) is 5.78. The van der Waals surface area contributed by atoms with Crippen molar-refractivity contribution >= 4 is 52.6 Å². The van der Waals surface area contributed by atoms with E-state index in [0.29, 0.717) is 11.1 Å². The second kappa shape index (κ2) is 10.5. The molecule has 0 aliphatic carbocycles. The van der Waals surface area contributed by atoms with Gasteiger partial charge in [-0.3, -0.25) is 4.55 Å². The summed E-state index contributed by atoms with van der Waals surface area (Å²) in [5.74, 6) is 0.341. The Morgan fingerprint density at radius 1 is 0.564 bits per heavy atom. The topological polar surface area (TPSA) is 97.7 Å². The van der Waals surface area contributed by atoms with Crippen LogP contribution in [-0.4, -0.2) is 21.4 Å². The molecule has 39 heavy (non-hydrogen) atoms. The highest BCUT2D eigenvalue weighted by molar-refractivity contribution is 7.87. The molecule has 6 aromatic rings. The maximum atomic E-state index is 12.3. The van der Waals surface area contributed by atoms with Gasteiger partial charge in [-0.15, -0.1) is 0 Å². The van der Waals surface area contributed by atoms with E-state index in [2.05, 4.69) is 0 Å². The molecule has 1 N–H and O–H groups in total. The molecule has 6 aromatic carbocycles. The molecule has 0 fully saturated rings. The average molecular weight is 557 g/mol. The van der Waals surface area contributed by atoms with Crippen molar-refractivity contribution < 1.29 is 25.6 Å². The second-order valence-corrected chi connectivity index (χ2v) is 11.9. The van der Waals surface area contributed by atoms with Crippen LogP contribution in [0.2, 0.25) is 0 Å². The molecule has 8 heteroatoms. The molecule has 0 unspecified atom stereocenters. The Morgan fingerprint density at radius 2 is 1.13 bits per heavy atom. The molecule has 0 aliphatic rings. The highest BCUT2D eigenvalue weighted by Crippen LogP contribution is 2.29. The molecule has 0 amide bonds. The highest BCUT2D eigenvalue weighted by Gasteiger charge is 2.17. The quantitative estimate of drug-likeness (QED) is 0.141. The van der Waals surface area contributed by atoms with Crippen LogP contribution >= 0.6 is 0 Å². The number of fused-ring (bicyclic) bond motifs is 3. The SMILES string of the molecule is Cc1ccc(S(=O)(=O)Oc2cccc3ccccc23)cc1.O=S(=O)(O)c1cccc2cc3ccccc3cc12. The minimum atomic E-state index is -4.20. The van der Waals surface area contributed by atoms with Gasteiger partial charge in [0.05, 0.1) is 0 Å². The third-order valence-corrected chi connectivity index (χ3v) is 8.40. The van der Waals surface area contributed by atoms with E-state index in [9.17, 15) is 21.4 Å². The predicted molar refractivity (Wildman–Crippen MR) is 154 cm³/mol. The summed E-state index contributed by atoms with van der Waals surface area (Å²) in [6, 6.07) is 35.7. The minimum Gasteiger partial charge on any atom is -0.378 e. The first-order valence-electron chi connectivity index (χ1n) is 12.0. The van der Waals surface area contributed by atoms with E-state index < -0.39 is 20.2 Å². The summed E-state index contributed by atoms with van der Waals surface area (Å²) in [5, 5.41) is 5.03. The fraction of sp³-hybridized carbons (Fsp3) is 0.0323. The smallest absolute Gasteiger partial charge is 0.339 e. The largest absolute Gasteiger partial charge is 0.378 e. The first-order chi connectivity index (χ1) is 18.6. The van der Waals surface area contributed by atoms with E-state index in [0.717, 1.165) is 32.5 Å². The van der Waals surface area contributed by atoms with Gasteiger partial charge in [0.2, 0.25) is 0 Å². The van der Waals surface area contributed by atoms with E-state index in [4.69, 9.17) is 4.18 Å². The zero-order chi connectivity index (χ0) is 27.6. The molecule has 0 spiro atoms. The lowest BCUT2D eigenvalue weighted by Gasteiger charge is -2.09. The molecule has 0 saturated heterocycles. The molecule has 196 valence electrons. The van der Waals surface area contributed by atoms with Gasteiger partial charge < -0.3 is 4.18 Å². The molecule has 0 bridgehead atoms. The van der Waals surface area contributed by atoms with Crippen LogP contribution in [0.5, 0.6) is 5.75 Å². The summed E-state index contributed by atoms with van der Waals surface area (Å²) in [4.78, 5) is 0.104. The van der Waals surface area contributed by atoms with E-state index in [1.807, 2.05) is 73.7 Å². The van der Waals surface area contributed by atoms with Crippen molar-refractivity contribution in [3.8, 4) is 5.75 Å². The molecule has 0 aliphatic heterocycles. The van der Waals surface area contributed by atoms with Crippen molar-refractivity contribution in [1.82, 2.24) is 0 Å². The summed E-state index contributed by atoms with van der Waals surface area (Å²) in [7, 11) is -8.02. The number of benzene rings is 6. The molecule has 0 heterocycles. The monoisotopic (exact) mass is 556 g/mol. The van der Waals surface area contributed by atoms with Gasteiger partial charge in [0.1, 0.15) is 9.79 Å². The highest BCUT2D eigenvalue weighted by atomic mass is 32.2. The summed E-state index contributed by atoms with van der Waals surface area (Å²) < 4.78 is 61.9. The molecule has 6 rings (SSSR count). The van der Waals surface area contributed by atoms with Gasteiger partial charge in [-0.1, -0.05) is 90.5 Å². The van der Waals surface area contributed by atoms with Crippen LogP contribution in [0.3, 0.4) is 0 Å². The Morgan fingerprint density at radius 3 is 1.82 bits per heavy atom. The van der Waals surface area contributed by atoms with E-state index in [1.165, 1.54) is 6.07 Å². The van der Waals surface area contributed by atoms with Crippen molar-refractivity contribution in [2.24, 2.45) is 0 Å². The Balaban J connectivity index is 0.000000160. The average Bonchev–Trinajstić information content (AvgIpc) is 2.92. The third-order valence-electron chi connectivity index (χ3n) is 6.24. The van der Waals surface area contributed by atoms with Crippen molar-refractivity contribution in [2.75, 3.05) is 0 Å². The molecule has 6 nitrogen and oxygen atoms in total. The predicted octanol–water partition coefficient (Wildman–Crippen LogP) is 7.16. The molecule has 0 saturated carbocycles. The van der Waals surface area contributed by atoms with Crippen LogP contribution in [0.25, 0.3) is 32.3 Å². The van der Waals surface area contributed by atoms with Crippen LogP contribution in [0, 0.1) is 6.92 Å². The molecular formula is C31H24O6S2. The maximum Gasteiger partial charge on any atom is 0.339 e. The fourth-order valence-electron chi connectivity index (χ4n) is 4.30. The molecular weight excluding hydrogens is 532 g/mol. The van der Waals surface area contributed by atoms with E-state index in [1.54, 1.807) is 48.5 Å². The lowest BCUT2D eigenvalue weighted by atomic mass is 10.0. The van der Waals surface area contributed by atoms with Gasteiger partial charge in [-0.2, -0.15) is 16.8 Å². The first kappa shape index (κ1) is 26.4. The van der Waals surface area contributed by atoms with Crippen molar-refractivity contribution in [3.05, 3.63) is 127 Å². The van der Waals surface area contributed by atoms with Crippen LogP contribution < -0.4 is 4.18 Å². The van der Waals surface area contributed by atoms with Crippen molar-refractivity contribution in [2.45, 2.75) is 16.7 Å². The van der Waals surface area contributed by atoms with Gasteiger partial charge >= 0.3 is 10.1 Å². The lowest BCUT2D eigenvalue weighted by Crippen LogP contribution is -2.09. The second-order valence-electron chi connectivity index (χ2n) is 8.98. The van der Waals surface area contributed by atoms with E-state index in [-0.39, 0.29) is 9.79 Å². The summed E-state index contributed by atoms with van der Waals surface area (Å²) >= 11 is 0. The first-order valence-corrected chi connectivity index (χ1v) is 14.8. The van der Waals surface area contributed by atoms with Gasteiger partial charge in [0, 0.05) is 10.8 Å². The number of rotatable bonds is 4. The van der Waals surface area contributed by atoms with Gasteiger partial charge in [0.15, 0.2) is 5.75 Å². The maximum absolute atomic E-state index is 12.3.